The molecule has 0 saturated carbocycles. The monoisotopic (exact) mass is 404 g/mol. The Hall–Kier alpha value is -2.30. The van der Waals surface area contributed by atoms with Crippen molar-refractivity contribution in [1.29, 1.82) is 0 Å². The van der Waals surface area contributed by atoms with Crippen LogP contribution in [0.5, 0.6) is 0 Å². The molecule has 0 bridgehead atoms. The van der Waals surface area contributed by atoms with E-state index < -0.39 is 11.9 Å². The minimum Gasteiger partial charge on any atom is -0.512 e. The molecule has 2 rings (SSSR count). The minimum atomic E-state index is -0.714. The number of esters is 1. The number of aliphatic hydroxyl groups is 2. The van der Waals surface area contributed by atoms with E-state index in [1.165, 1.54) is 18.6 Å². The second-order valence-electron chi connectivity index (χ2n) is 7.51. The molecule has 0 fully saturated rings. The summed E-state index contributed by atoms with van der Waals surface area (Å²) in [6.07, 6.45) is 14.1. The van der Waals surface area contributed by atoms with E-state index in [-0.39, 0.29) is 29.8 Å². The second-order valence-corrected chi connectivity index (χ2v) is 7.51. The smallest absolute Gasteiger partial charge is 0.317 e. The van der Waals surface area contributed by atoms with E-state index >= 15 is 0 Å². The van der Waals surface area contributed by atoms with Gasteiger partial charge in [-0.05, 0) is 43.8 Å². The number of fused-ring (bicyclic) bond motifs is 1. The average Bonchev–Trinajstić information content (AvgIpc) is 2.66. The lowest BCUT2D eigenvalue weighted by Gasteiger charge is -2.21. The summed E-state index contributed by atoms with van der Waals surface area (Å²) in [6.45, 7) is 6.20. The number of hydrogen-bond donors (Lipinski definition) is 2. The standard InChI is InChI=1S/C21H28O5.C3H8/c1-2-19-10-6-9-16(22)8-5-3-4-7-15-11-12-17(23)13-18(24)14-20(15)21(25)26-19;1-3-2/h4,7,11,13-14,19-20,23-24H,2-3,5-6,8-10,12H2,1H3;3H2,1-2H3/b7-4+,15-11?,17-13+,18-14?;. The van der Waals surface area contributed by atoms with Crippen molar-refractivity contribution in [3.63, 3.8) is 0 Å². The van der Waals surface area contributed by atoms with Gasteiger partial charge in [-0.2, -0.15) is 0 Å². The molecule has 0 saturated heterocycles. The quantitative estimate of drug-likeness (QED) is 0.521. The van der Waals surface area contributed by atoms with Crippen molar-refractivity contribution in [1.82, 2.24) is 0 Å². The summed E-state index contributed by atoms with van der Waals surface area (Å²) in [7, 11) is 0. The maximum absolute atomic E-state index is 12.7. The van der Waals surface area contributed by atoms with E-state index in [4.69, 9.17) is 4.74 Å². The van der Waals surface area contributed by atoms with Gasteiger partial charge in [0, 0.05) is 25.3 Å². The lowest BCUT2D eigenvalue weighted by atomic mass is 9.93. The van der Waals surface area contributed by atoms with Crippen LogP contribution in [0.25, 0.3) is 0 Å². The van der Waals surface area contributed by atoms with Crippen molar-refractivity contribution in [3.05, 3.63) is 47.5 Å². The van der Waals surface area contributed by atoms with Crippen molar-refractivity contribution in [2.45, 2.75) is 84.7 Å². The Kier molecular flexibility index (Phi) is 11.8. The molecule has 0 spiro atoms. The SMILES string of the molecule is CCC.CCC1CCCC(=O)CCC/C=C/C2=CC/C(O)=C\C(O)=CC2C(=O)O1. The molecular formula is C24H36O5. The Morgan fingerprint density at radius 1 is 1.10 bits per heavy atom. The predicted molar refractivity (Wildman–Crippen MR) is 116 cm³/mol. The molecule has 0 aromatic rings. The fraction of sp³-hybridized carbons (Fsp3) is 0.583. The van der Waals surface area contributed by atoms with Crippen LogP contribution in [0.3, 0.4) is 0 Å². The number of ketones is 1. The molecule has 2 unspecified atom stereocenters. The van der Waals surface area contributed by atoms with Crippen LogP contribution in [0.2, 0.25) is 0 Å². The van der Waals surface area contributed by atoms with Crippen LogP contribution in [0.1, 0.15) is 78.6 Å². The molecular weight excluding hydrogens is 368 g/mol. The fourth-order valence-corrected chi connectivity index (χ4v) is 3.14. The van der Waals surface area contributed by atoms with Crippen LogP contribution in [-0.4, -0.2) is 28.1 Å². The number of allylic oxidation sites excluding steroid dienone is 4. The predicted octanol–water partition coefficient (Wildman–Crippen LogP) is 6.03. The molecule has 0 aromatic heterocycles. The van der Waals surface area contributed by atoms with Crippen LogP contribution in [0.15, 0.2) is 47.5 Å². The third-order valence-corrected chi connectivity index (χ3v) is 4.67. The maximum atomic E-state index is 12.7. The maximum Gasteiger partial charge on any atom is 0.317 e. The Morgan fingerprint density at radius 2 is 1.79 bits per heavy atom. The first-order valence-corrected chi connectivity index (χ1v) is 10.8. The van der Waals surface area contributed by atoms with Crippen LogP contribution < -0.4 is 0 Å². The molecule has 2 N–H and O–H groups in total. The lowest BCUT2D eigenvalue weighted by Crippen LogP contribution is -2.25. The van der Waals surface area contributed by atoms with Gasteiger partial charge in [0.1, 0.15) is 23.6 Å². The number of aliphatic hydroxyl groups excluding tert-OH is 2. The molecule has 29 heavy (non-hydrogen) atoms. The van der Waals surface area contributed by atoms with Gasteiger partial charge in [-0.3, -0.25) is 9.59 Å². The summed E-state index contributed by atoms with van der Waals surface area (Å²) in [4.78, 5) is 24.6. The summed E-state index contributed by atoms with van der Waals surface area (Å²) in [5, 5.41) is 19.8. The topological polar surface area (TPSA) is 83.8 Å². The molecule has 162 valence electrons. The highest BCUT2D eigenvalue weighted by Gasteiger charge is 2.25. The first kappa shape index (κ1) is 24.7. The zero-order valence-electron chi connectivity index (χ0n) is 18.0. The molecule has 2 atom stereocenters. The normalized spacial score (nSPS) is 27.1. The highest BCUT2D eigenvalue weighted by Crippen LogP contribution is 2.25. The molecule has 2 aliphatic rings. The van der Waals surface area contributed by atoms with Crippen LogP contribution in [0, 0.1) is 5.92 Å². The van der Waals surface area contributed by atoms with Gasteiger partial charge in [0.15, 0.2) is 0 Å². The third kappa shape index (κ3) is 9.64. The zero-order valence-corrected chi connectivity index (χ0v) is 18.0. The van der Waals surface area contributed by atoms with Crippen molar-refractivity contribution in [3.8, 4) is 0 Å². The summed E-state index contributed by atoms with van der Waals surface area (Å²) in [6, 6.07) is 0. The van der Waals surface area contributed by atoms with Crippen molar-refractivity contribution < 1.29 is 24.5 Å². The summed E-state index contributed by atoms with van der Waals surface area (Å²) in [5.74, 6) is -1.000. The number of cyclic esters (lactones) is 1. The van der Waals surface area contributed by atoms with Crippen molar-refractivity contribution >= 4 is 11.8 Å². The van der Waals surface area contributed by atoms with Gasteiger partial charge >= 0.3 is 5.97 Å². The van der Waals surface area contributed by atoms with Gasteiger partial charge in [0.05, 0.1) is 5.76 Å². The van der Waals surface area contributed by atoms with E-state index in [0.717, 1.165) is 12.8 Å². The number of carbonyl (C=O) groups is 2. The van der Waals surface area contributed by atoms with E-state index in [1.807, 2.05) is 19.1 Å². The number of ether oxygens (including phenoxy) is 1. The van der Waals surface area contributed by atoms with Gasteiger partial charge in [0.2, 0.25) is 0 Å². The van der Waals surface area contributed by atoms with Crippen LogP contribution in [-0.2, 0) is 14.3 Å². The summed E-state index contributed by atoms with van der Waals surface area (Å²) >= 11 is 0. The third-order valence-electron chi connectivity index (χ3n) is 4.67. The number of hydrogen-bond acceptors (Lipinski definition) is 5. The molecule has 1 aliphatic heterocycles. The molecule has 5 nitrogen and oxygen atoms in total. The number of rotatable bonds is 1. The summed E-state index contributed by atoms with van der Waals surface area (Å²) < 4.78 is 5.66. The van der Waals surface area contributed by atoms with E-state index in [1.54, 1.807) is 6.08 Å². The van der Waals surface area contributed by atoms with Gasteiger partial charge < -0.3 is 14.9 Å². The average molecular weight is 405 g/mol. The van der Waals surface area contributed by atoms with Crippen LogP contribution in [0.4, 0.5) is 0 Å². The van der Waals surface area contributed by atoms with E-state index in [2.05, 4.69) is 13.8 Å². The first-order valence-electron chi connectivity index (χ1n) is 10.8. The Bertz CT molecular complexity index is 654. The highest BCUT2D eigenvalue weighted by molar-refractivity contribution is 5.80. The Morgan fingerprint density at radius 3 is 2.48 bits per heavy atom. The fourth-order valence-electron chi connectivity index (χ4n) is 3.14. The lowest BCUT2D eigenvalue weighted by molar-refractivity contribution is -0.151. The van der Waals surface area contributed by atoms with Crippen LogP contribution >= 0.6 is 0 Å². The number of carbonyl (C=O) groups excluding carboxylic acids is 2. The molecule has 0 aromatic carbocycles. The minimum absolute atomic E-state index is 0.0305. The Balaban J connectivity index is 0.00000132. The second kappa shape index (κ2) is 13.8. The van der Waals surface area contributed by atoms with Gasteiger partial charge in [-0.25, -0.2) is 0 Å². The highest BCUT2D eigenvalue weighted by atomic mass is 16.5. The van der Waals surface area contributed by atoms with E-state index in [0.29, 0.717) is 37.7 Å². The van der Waals surface area contributed by atoms with Crippen molar-refractivity contribution in [2.75, 3.05) is 0 Å². The molecule has 5 heteroatoms. The molecule has 0 amide bonds. The molecule has 1 aliphatic carbocycles. The largest absolute Gasteiger partial charge is 0.512 e. The number of Topliss-reactive ketones (excluding diaryl/α,β-unsaturated/α-hetero) is 1. The first-order chi connectivity index (χ1) is 13.9. The van der Waals surface area contributed by atoms with E-state index in [9.17, 15) is 19.8 Å². The Labute approximate surface area is 174 Å². The molecule has 0 radical (unpaired) electrons. The van der Waals surface area contributed by atoms with Gasteiger partial charge in [0.25, 0.3) is 0 Å². The van der Waals surface area contributed by atoms with Crippen molar-refractivity contribution in [2.24, 2.45) is 5.92 Å². The summed E-state index contributed by atoms with van der Waals surface area (Å²) in [5.41, 5.74) is 0.680. The van der Waals surface area contributed by atoms with Gasteiger partial charge in [-0.15, -0.1) is 0 Å². The van der Waals surface area contributed by atoms with Gasteiger partial charge in [-0.1, -0.05) is 45.4 Å². The molecule has 1 heterocycles. The zero-order chi connectivity index (χ0) is 21.6.